The van der Waals surface area contributed by atoms with Crippen molar-refractivity contribution >= 4 is 34.0 Å². The Bertz CT molecular complexity index is 1130. The fourth-order valence-corrected chi connectivity index (χ4v) is 4.51. The maximum atomic E-state index is 6.15. The highest BCUT2D eigenvalue weighted by atomic mass is 32.2. The first-order chi connectivity index (χ1) is 15.2. The molecule has 2 aromatic heterocycles. The number of thioether (sulfide) groups is 1. The second kappa shape index (κ2) is 10.3. The molecular weight excluding hydrogens is 426 g/mol. The molecule has 0 spiro atoms. The Morgan fingerprint density at radius 1 is 1.03 bits per heavy atom. The van der Waals surface area contributed by atoms with E-state index in [0.717, 1.165) is 38.4 Å². The van der Waals surface area contributed by atoms with Gasteiger partial charge >= 0.3 is 0 Å². The second-order valence-corrected chi connectivity index (χ2v) is 8.72. The van der Waals surface area contributed by atoms with E-state index in [9.17, 15) is 0 Å². The summed E-state index contributed by atoms with van der Waals surface area (Å²) in [6.07, 6.45) is 1.86. The van der Waals surface area contributed by atoms with Gasteiger partial charge in [0.25, 0.3) is 0 Å². The Morgan fingerprint density at radius 3 is 2.61 bits per heavy atom. The summed E-state index contributed by atoms with van der Waals surface area (Å²) < 4.78 is 11.6. The number of rotatable bonds is 9. The van der Waals surface area contributed by atoms with E-state index in [1.807, 2.05) is 73.1 Å². The van der Waals surface area contributed by atoms with Crippen molar-refractivity contribution in [3.05, 3.63) is 89.1 Å². The molecule has 0 radical (unpaired) electrons. The van der Waals surface area contributed by atoms with E-state index < -0.39 is 0 Å². The molecule has 0 amide bonds. The normalized spacial score (nSPS) is 10.6. The van der Waals surface area contributed by atoms with Crippen LogP contribution in [-0.2, 0) is 12.4 Å². The molecule has 0 bridgehead atoms. The highest BCUT2D eigenvalue weighted by molar-refractivity contribution is 7.98. The van der Waals surface area contributed by atoms with Gasteiger partial charge in [-0.25, -0.2) is 9.97 Å². The van der Waals surface area contributed by atoms with E-state index in [0.29, 0.717) is 18.2 Å². The molecule has 0 atom stereocenters. The van der Waals surface area contributed by atoms with Crippen molar-refractivity contribution in [3.8, 4) is 11.5 Å². The number of aryl methyl sites for hydroxylation is 1. The number of aromatic nitrogens is 2. The summed E-state index contributed by atoms with van der Waals surface area (Å²) in [6, 6.07) is 20.2. The van der Waals surface area contributed by atoms with E-state index in [-0.39, 0.29) is 0 Å². The van der Waals surface area contributed by atoms with Gasteiger partial charge in [0.05, 0.1) is 12.8 Å². The molecule has 0 saturated carbocycles. The zero-order valence-corrected chi connectivity index (χ0v) is 19.0. The third kappa shape index (κ3) is 5.77. The molecule has 31 heavy (non-hydrogen) atoms. The van der Waals surface area contributed by atoms with Gasteiger partial charge in [-0.05, 0) is 24.6 Å². The molecule has 0 unspecified atom stereocenters. The van der Waals surface area contributed by atoms with Gasteiger partial charge in [0.1, 0.15) is 12.4 Å². The standard InChI is InChI=1S/C24H23N3O2S2/c1-17-15-31-24(26-17)27-23-22(29-14-18-8-4-3-5-9-18)12-20(13-25-23)30-16-19-10-6-7-11-21(19)28-2/h3-13,15H,14,16H2,1-2H3,(H,25,26,27). The fraction of sp³-hybridized carbons (Fsp3) is 0.167. The van der Waals surface area contributed by atoms with Gasteiger partial charge in [0, 0.05) is 27.8 Å². The van der Waals surface area contributed by atoms with Gasteiger partial charge in [-0.1, -0.05) is 48.5 Å². The van der Waals surface area contributed by atoms with Crippen LogP contribution in [0.3, 0.4) is 0 Å². The van der Waals surface area contributed by atoms with E-state index in [4.69, 9.17) is 9.47 Å². The van der Waals surface area contributed by atoms with Crippen LogP contribution < -0.4 is 14.8 Å². The van der Waals surface area contributed by atoms with Crippen molar-refractivity contribution in [1.29, 1.82) is 0 Å². The molecule has 158 valence electrons. The molecule has 0 aliphatic carbocycles. The Morgan fingerprint density at radius 2 is 1.84 bits per heavy atom. The van der Waals surface area contributed by atoms with Gasteiger partial charge in [0.2, 0.25) is 0 Å². The summed E-state index contributed by atoms with van der Waals surface area (Å²) in [7, 11) is 1.70. The van der Waals surface area contributed by atoms with Crippen LogP contribution in [0.1, 0.15) is 16.8 Å². The first kappa shape index (κ1) is 21.2. The molecule has 0 aliphatic heterocycles. The lowest BCUT2D eigenvalue weighted by Crippen LogP contribution is -2.01. The van der Waals surface area contributed by atoms with Crippen molar-refractivity contribution in [2.24, 2.45) is 0 Å². The number of benzene rings is 2. The summed E-state index contributed by atoms with van der Waals surface area (Å²) >= 11 is 3.24. The summed E-state index contributed by atoms with van der Waals surface area (Å²) in [5.74, 6) is 3.03. The minimum atomic E-state index is 0.467. The molecule has 1 N–H and O–H groups in total. The highest BCUT2D eigenvalue weighted by Gasteiger charge is 2.11. The third-order valence-electron chi connectivity index (χ3n) is 4.50. The van der Waals surface area contributed by atoms with E-state index in [1.54, 1.807) is 30.2 Å². The van der Waals surface area contributed by atoms with Crippen molar-refractivity contribution < 1.29 is 9.47 Å². The number of thiazole rings is 1. The average molecular weight is 450 g/mol. The number of hydrogen-bond acceptors (Lipinski definition) is 7. The lowest BCUT2D eigenvalue weighted by Gasteiger charge is -2.13. The number of methoxy groups -OCH3 is 1. The Kier molecular flexibility index (Phi) is 7.07. The SMILES string of the molecule is COc1ccccc1CSc1cnc(Nc2nc(C)cs2)c(OCc2ccccc2)c1. The van der Waals surface area contributed by atoms with Gasteiger partial charge in [0.15, 0.2) is 16.7 Å². The molecule has 0 aliphatic rings. The number of pyridine rings is 1. The fourth-order valence-electron chi connectivity index (χ4n) is 2.94. The molecule has 2 heterocycles. The highest BCUT2D eigenvalue weighted by Crippen LogP contribution is 2.34. The average Bonchev–Trinajstić information content (AvgIpc) is 3.22. The lowest BCUT2D eigenvalue weighted by molar-refractivity contribution is 0.306. The molecule has 4 aromatic rings. The number of ether oxygens (including phenoxy) is 2. The van der Waals surface area contributed by atoms with Crippen molar-refractivity contribution in [3.63, 3.8) is 0 Å². The maximum Gasteiger partial charge on any atom is 0.188 e. The van der Waals surface area contributed by atoms with Crippen LogP contribution in [0.5, 0.6) is 11.5 Å². The number of nitrogens with zero attached hydrogens (tertiary/aromatic N) is 2. The van der Waals surface area contributed by atoms with Gasteiger partial charge in [-0.3, -0.25) is 0 Å². The molecule has 5 nitrogen and oxygen atoms in total. The zero-order valence-electron chi connectivity index (χ0n) is 17.4. The molecule has 0 fully saturated rings. The van der Waals surface area contributed by atoms with Gasteiger partial charge in [-0.2, -0.15) is 0 Å². The Hall–Kier alpha value is -3.03. The van der Waals surface area contributed by atoms with Crippen LogP contribution in [0.25, 0.3) is 0 Å². The van der Waals surface area contributed by atoms with Crippen molar-refractivity contribution in [2.75, 3.05) is 12.4 Å². The summed E-state index contributed by atoms with van der Waals surface area (Å²) in [6.45, 7) is 2.44. The predicted octanol–water partition coefficient (Wildman–Crippen LogP) is 6.47. The van der Waals surface area contributed by atoms with Crippen LogP contribution in [0, 0.1) is 6.92 Å². The number of nitrogens with one attached hydrogen (secondary N) is 1. The smallest absolute Gasteiger partial charge is 0.188 e. The second-order valence-electron chi connectivity index (χ2n) is 6.81. The Balaban J connectivity index is 1.53. The summed E-state index contributed by atoms with van der Waals surface area (Å²) in [5.41, 5.74) is 3.22. The number of anilines is 2. The molecule has 7 heteroatoms. The first-order valence-corrected chi connectivity index (χ1v) is 11.7. The third-order valence-corrected chi connectivity index (χ3v) is 6.38. The topological polar surface area (TPSA) is 56.3 Å². The van der Waals surface area contributed by atoms with Gasteiger partial charge in [-0.15, -0.1) is 23.1 Å². The molecule has 2 aromatic carbocycles. The van der Waals surface area contributed by atoms with Gasteiger partial charge < -0.3 is 14.8 Å². The summed E-state index contributed by atoms with van der Waals surface area (Å²) in [5, 5.41) is 6.09. The quantitative estimate of drug-likeness (QED) is 0.296. The van der Waals surface area contributed by atoms with Crippen LogP contribution in [0.2, 0.25) is 0 Å². The minimum Gasteiger partial charge on any atom is -0.496 e. The molecule has 0 saturated heterocycles. The lowest BCUT2D eigenvalue weighted by atomic mass is 10.2. The van der Waals surface area contributed by atoms with Crippen LogP contribution in [-0.4, -0.2) is 17.1 Å². The minimum absolute atomic E-state index is 0.467. The molecular formula is C24H23N3O2S2. The maximum absolute atomic E-state index is 6.15. The van der Waals surface area contributed by atoms with Crippen LogP contribution >= 0.6 is 23.1 Å². The predicted molar refractivity (Wildman–Crippen MR) is 128 cm³/mol. The Labute approximate surface area is 190 Å². The van der Waals surface area contributed by atoms with E-state index in [1.165, 1.54) is 0 Å². The van der Waals surface area contributed by atoms with Crippen molar-refractivity contribution in [2.45, 2.75) is 24.2 Å². The van der Waals surface area contributed by atoms with Crippen LogP contribution in [0.15, 0.2) is 77.1 Å². The van der Waals surface area contributed by atoms with E-state index in [2.05, 4.69) is 21.4 Å². The van der Waals surface area contributed by atoms with Crippen molar-refractivity contribution in [1.82, 2.24) is 9.97 Å². The number of para-hydroxylation sites is 1. The molecule has 4 rings (SSSR count). The largest absolute Gasteiger partial charge is 0.496 e. The number of hydrogen-bond donors (Lipinski definition) is 1. The monoisotopic (exact) mass is 449 g/mol. The van der Waals surface area contributed by atoms with E-state index >= 15 is 0 Å². The zero-order chi connectivity index (χ0) is 21.5. The van der Waals surface area contributed by atoms with Crippen LogP contribution in [0.4, 0.5) is 10.9 Å². The summed E-state index contributed by atoms with van der Waals surface area (Å²) in [4.78, 5) is 10.1. The first-order valence-electron chi connectivity index (χ1n) is 9.82.